The van der Waals surface area contributed by atoms with Crippen molar-refractivity contribution in [2.45, 2.75) is 13.0 Å². The maximum atomic E-state index is 11.0. The number of hydrogen-bond acceptors (Lipinski definition) is 5. The lowest BCUT2D eigenvalue weighted by molar-refractivity contribution is -0.385. The summed E-state index contributed by atoms with van der Waals surface area (Å²) in [6.45, 7) is 1.27. The molecule has 0 aliphatic carbocycles. The number of nitro benzene ring substituents is 1. The van der Waals surface area contributed by atoms with Gasteiger partial charge in [0.05, 0.1) is 4.92 Å². The molecule has 0 amide bonds. The highest BCUT2D eigenvalue weighted by Gasteiger charge is 2.11. The van der Waals surface area contributed by atoms with E-state index in [1.54, 1.807) is 12.1 Å². The lowest BCUT2D eigenvalue weighted by Gasteiger charge is -2.05. The Labute approximate surface area is 159 Å². The van der Waals surface area contributed by atoms with Gasteiger partial charge in [-0.25, -0.2) is 9.59 Å². The summed E-state index contributed by atoms with van der Waals surface area (Å²) < 4.78 is 0. The number of para-hydroxylation sites is 2. The number of H-pyrrole nitrogens is 1. The summed E-state index contributed by atoms with van der Waals surface area (Å²) in [5.41, 5.74) is 3.27. The zero-order valence-electron chi connectivity index (χ0n) is 14.8. The zero-order valence-corrected chi connectivity index (χ0v) is 14.8. The van der Waals surface area contributed by atoms with Crippen LogP contribution in [0.2, 0.25) is 0 Å². The van der Waals surface area contributed by atoms with Gasteiger partial charge in [-0.3, -0.25) is 10.1 Å². The predicted molar refractivity (Wildman–Crippen MR) is 102 cm³/mol. The van der Waals surface area contributed by atoms with Crippen molar-refractivity contribution in [2.24, 2.45) is 0 Å². The molecule has 9 heteroatoms. The van der Waals surface area contributed by atoms with Crippen molar-refractivity contribution < 1.29 is 24.7 Å². The van der Waals surface area contributed by atoms with E-state index in [0.717, 1.165) is 18.5 Å². The van der Waals surface area contributed by atoms with E-state index >= 15 is 0 Å². The van der Waals surface area contributed by atoms with E-state index in [1.165, 1.54) is 17.0 Å². The second-order valence-corrected chi connectivity index (χ2v) is 5.78. The molecule has 1 aromatic heterocycles. The number of carboxylic acids is 2. The van der Waals surface area contributed by atoms with Gasteiger partial charge in [0.1, 0.15) is 0 Å². The molecular weight excluding hydrogens is 366 g/mol. The van der Waals surface area contributed by atoms with Gasteiger partial charge in [-0.15, -0.1) is 0 Å². The molecule has 0 spiro atoms. The normalized spacial score (nSPS) is 10.1. The number of carbonyl (C=O) groups is 2. The molecular formula is C19H19N3O6. The standard InChI is InChI=1S/C17H17N3O2.C2H2O4/c21-20(22)17-8-4-1-5-14(17)11-18-10-9-13-12-19-16-7-3-2-6-15(13)16;3-1(4)2(5)6/h1-8,12,18-19H,9-11H2;(H,3,4)(H,5,6). The van der Waals surface area contributed by atoms with Crippen LogP contribution in [0.4, 0.5) is 5.69 Å². The van der Waals surface area contributed by atoms with Crippen molar-refractivity contribution in [3.05, 3.63) is 76.0 Å². The van der Waals surface area contributed by atoms with Crippen molar-refractivity contribution >= 4 is 28.5 Å². The van der Waals surface area contributed by atoms with E-state index in [1.807, 2.05) is 24.4 Å². The smallest absolute Gasteiger partial charge is 0.414 e. The molecule has 0 atom stereocenters. The third kappa shape index (κ3) is 5.64. The monoisotopic (exact) mass is 385 g/mol. The minimum absolute atomic E-state index is 0.169. The molecule has 0 saturated carbocycles. The van der Waals surface area contributed by atoms with Gasteiger partial charge in [-0.2, -0.15) is 0 Å². The van der Waals surface area contributed by atoms with Gasteiger partial charge < -0.3 is 20.5 Å². The minimum Gasteiger partial charge on any atom is -0.473 e. The van der Waals surface area contributed by atoms with Crippen molar-refractivity contribution in [3.63, 3.8) is 0 Å². The van der Waals surface area contributed by atoms with Gasteiger partial charge in [0.2, 0.25) is 0 Å². The summed E-state index contributed by atoms with van der Waals surface area (Å²) in [6.07, 6.45) is 2.90. The largest absolute Gasteiger partial charge is 0.473 e. The number of carboxylic acid groups (broad SMARTS) is 2. The molecule has 0 saturated heterocycles. The first-order chi connectivity index (χ1) is 13.4. The van der Waals surface area contributed by atoms with Crippen LogP contribution in [0.25, 0.3) is 10.9 Å². The Morgan fingerprint density at radius 1 is 1.00 bits per heavy atom. The summed E-state index contributed by atoms with van der Waals surface area (Å²) in [7, 11) is 0. The predicted octanol–water partition coefficient (Wildman–Crippen LogP) is 2.56. The first kappa shape index (κ1) is 20.6. The summed E-state index contributed by atoms with van der Waals surface area (Å²) in [4.78, 5) is 32.1. The van der Waals surface area contributed by atoms with Gasteiger partial charge in [-0.05, 0) is 24.6 Å². The number of benzene rings is 2. The highest BCUT2D eigenvalue weighted by atomic mass is 16.6. The Bertz CT molecular complexity index is 970. The molecule has 146 valence electrons. The number of aromatic amines is 1. The highest BCUT2D eigenvalue weighted by Crippen LogP contribution is 2.19. The van der Waals surface area contributed by atoms with Crippen LogP contribution < -0.4 is 5.32 Å². The first-order valence-electron chi connectivity index (χ1n) is 8.34. The van der Waals surface area contributed by atoms with Crippen molar-refractivity contribution in [1.29, 1.82) is 0 Å². The highest BCUT2D eigenvalue weighted by molar-refractivity contribution is 6.27. The average Bonchev–Trinajstić information content (AvgIpc) is 3.09. The Morgan fingerprint density at radius 3 is 2.32 bits per heavy atom. The van der Waals surface area contributed by atoms with Crippen LogP contribution in [0.3, 0.4) is 0 Å². The number of nitrogens with zero attached hydrogens (tertiary/aromatic N) is 1. The van der Waals surface area contributed by atoms with Gasteiger partial charge in [0, 0.05) is 35.3 Å². The van der Waals surface area contributed by atoms with E-state index in [2.05, 4.69) is 22.4 Å². The molecule has 0 fully saturated rings. The van der Waals surface area contributed by atoms with Crippen molar-refractivity contribution in [1.82, 2.24) is 10.3 Å². The number of fused-ring (bicyclic) bond motifs is 1. The van der Waals surface area contributed by atoms with Gasteiger partial charge in [0.25, 0.3) is 5.69 Å². The molecule has 3 rings (SSSR count). The number of aromatic nitrogens is 1. The second-order valence-electron chi connectivity index (χ2n) is 5.78. The van der Waals surface area contributed by atoms with Gasteiger partial charge >= 0.3 is 11.9 Å². The van der Waals surface area contributed by atoms with E-state index < -0.39 is 11.9 Å². The third-order valence-corrected chi connectivity index (χ3v) is 3.93. The van der Waals surface area contributed by atoms with Crippen LogP contribution in [0.5, 0.6) is 0 Å². The van der Waals surface area contributed by atoms with E-state index in [9.17, 15) is 10.1 Å². The molecule has 9 nitrogen and oxygen atoms in total. The Morgan fingerprint density at radius 2 is 1.64 bits per heavy atom. The summed E-state index contributed by atoms with van der Waals surface area (Å²) in [5, 5.41) is 30.3. The van der Waals surface area contributed by atoms with Crippen LogP contribution in [-0.4, -0.2) is 38.6 Å². The average molecular weight is 385 g/mol. The van der Waals surface area contributed by atoms with E-state index in [0.29, 0.717) is 12.1 Å². The van der Waals surface area contributed by atoms with Gasteiger partial charge in [0.15, 0.2) is 0 Å². The fraction of sp³-hybridized carbons (Fsp3) is 0.158. The number of nitro groups is 1. The molecule has 2 aromatic carbocycles. The quantitative estimate of drug-likeness (QED) is 0.221. The molecule has 3 aromatic rings. The molecule has 0 radical (unpaired) electrons. The number of rotatable bonds is 6. The SMILES string of the molecule is O=C(O)C(=O)O.O=[N+]([O-])c1ccccc1CNCCc1c[nH]c2ccccc12. The number of aliphatic carboxylic acids is 2. The van der Waals surface area contributed by atoms with Crippen LogP contribution in [0.1, 0.15) is 11.1 Å². The summed E-state index contributed by atoms with van der Waals surface area (Å²) in [6, 6.07) is 15.0. The molecule has 0 unspecified atom stereocenters. The molecule has 0 aliphatic rings. The lowest BCUT2D eigenvalue weighted by atomic mass is 10.1. The first-order valence-corrected chi connectivity index (χ1v) is 8.34. The summed E-state index contributed by atoms with van der Waals surface area (Å²) in [5.74, 6) is -3.65. The topological polar surface area (TPSA) is 146 Å². The van der Waals surface area contributed by atoms with Crippen LogP contribution >= 0.6 is 0 Å². The molecule has 1 heterocycles. The maximum absolute atomic E-state index is 11.0. The summed E-state index contributed by atoms with van der Waals surface area (Å²) >= 11 is 0. The van der Waals surface area contributed by atoms with Crippen LogP contribution in [0, 0.1) is 10.1 Å². The number of nitrogens with one attached hydrogen (secondary N) is 2. The fourth-order valence-electron chi connectivity index (χ4n) is 2.62. The van der Waals surface area contributed by atoms with E-state index in [4.69, 9.17) is 19.8 Å². The second kappa shape index (κ2) is 9.83. The molecule has 0 bridgehead atoms. The Kier molecular flexibility index (Phi) is 7.23. The van der Waals surface area contributed by atoms with Crippen molar-refractivity contribution in [3.8, 4) is 0 Å². The van der Waals surface area contributed by atoms with Crippen molar-refractivity contribution in [2.75, 3.05) is 6.54 Å². The van der Waals surface area contributed by atoms with Gasteiger partial charge in [-0.1, -0.05) is 36.4 Å². The Hall–Kier alpha value is -3.72. The molecule has 28 heavy (non-hydrogen) atoms. The maximum Gasteiger partial charge on any atom is 0.414 e. The fourth-order valence-corrected chi connectivity index (χ4v) is 2.62. The molecule has 4 N–H and O–H groups in total. The minimum atomic E-state index is -1.82. The van der Waals surface area contributed by atoms with E-state index in [-0.39, 0.29) is 10.6 Å². The third-order valence-electron chi connectivity index (χ3n) is 3.93. The molecule has 0 aliphatic heterocycles. The zero-order chi connectivity index (χ0) is 20.5. The Balaban J connectivity index is 0.000000409. The van der Waals surface area contributed by atoms with Crippen LogP contribution in [-0.2, 0) is 22.6 Å². The number of hydrogen-bond donors (Lipinski definition) is 4. The van der Waals surface area contributed by atoms with Crippen LogP contribution in [0.15, 0.2) is 54.7 Å². The lowest BCUT2D eigenvalue weighted by Crippen LogP contribution is -2.17.